The summed E-state index contributed by atoms with van der Waals surface area (Å²) >= 11 is 6.02. The van der Waals surface area contributed by atoms with Crippen molar-refractivity contribution >= 4 is 23.2 Å². The molecular weight excluding hydrogens is 450 g/mol. The van der Waals surface area contributed by atoms with E-state index in [1.807, 2.05) is 88.6 Å². The number of aliphatic imine (C=N–C) groups is 1. The van der Waals surface area contributed by atoms with Crippen molar-refractivity contribution in [3.8, 4) is 11.4 Å². The lowest BCUT2D eigenvalue weighted by Gasteiger charge is -2.14. The predicted octanol–water partition coefficient (Wildman–Crippen LogP) is 5.78. The molecule has 1 amide bonds. The SMILES string of the molecule is CC.CC.CCNC(C)=O.COc1ccc2c(c1)C(c1ccc(Cl)cc1)=NCc1nnc(C)n1-2. The van der Waals surface area contributed by atoms with Crippen LogP contribution in [0.2, 0.25) is 5.02 Å². The van der Waals surface area contributed by atoms with Gasteiger partial charge in [-0.2, -0.15) is 0 Å². The zero-order valence-electron chi connectivity index (χ0n) is 21.4. The minimum atomic E-state index is 0.0394. The van der Waals surface area contributed by atoms with Crippen LogP contribution in [0.3, 0.4) is 0 Å². The maximum Gasteiger partial charge on any atom is 0.216 e. The maximum atomic E-state index is 9.93. The number of ether oxygens (including phenoxy) is 1. The second kappa shape index (κ2) is 14.9. The molecule has 4 rings (SSSR count). The number of halogens is 1. The fourth-order valence-electron chi connectivity index (χ4n) is 3.19. The molecule has 184 valence electrons. The molecule has 2 heterocycles. The van der Waals surface area contributed by atoms with E-state index in [2.05, 4.69) is 15.5 Å². The van der Waals surface area contributed by atoms with Crippen molar-refractivity contribution in [3.05, 3.63) is 70.3 Å². The van der Waals surface area contributed by atoms with Crippen molar-refractivity contribution in [1.29, 1.82) is 0 Å². The standard InChI is InChI=1S/C18H15ClN4O.C4H9NO.2C2H6/c1-11-21-22-17-10-20-18(12-3-5-13(19)6-4-12)15-9-14(24-2)7-8-16(15)23(11)17;1-3-5-4(2)6;2*1-2/h3-9H,10H2,1-2H3;3H2,1-2H3,(H,5,6);2*1-2H3. The van der Waals surface area contributed by atoms with Gasteiger partial charge in [-0.25, -0.2) is 0 Å². The van der Waals surface area contributed by atoms with Crippen LogP contribution in [0.25, 0.3) is 5.69 Å². The van der Waals surface area contributed by atoms with E-state index in [1.165, 1.54) is 6.92 Å². The quantitative estimate of drug-likeness (QED) is 0.509. The smallest absolute Gasteiger partial charge is 0.216 e. The summed E-state index contributed by atoms with van der Waals surface area (Å²) in [7, 11) is 1.66. The molecule has 2 aromatic carbocycles. The summed E-state index contributed by atoms with van der Waals surface area (Å²) in [6.45, 7) is 14.5. The van der Waals surface area contributed by atoms with Crippen LogP contribution in [0.5, 0.6) is 5.75 Å². The Morgan fingerprint density at radius 3 is 2.26 bits per heavy atom. The monoisotopic (exact) mass is 485 g/mol. The number of nitrogens with zero attached hydrogens (tertiary/aromatic N) is 4. The van der Waals surface area contributed by atoms with Gasteiger partial charge in [0.05, 0.1) is 18.5 Å². The number of rotatable bonds is 3. The Bertz CT molecular complexity index is 1080. The van der Waals surface area contributed by atoms with E-state index in [4.69, 9.17) is 21.3 Å². The van der Waals surface area contributed by atoms with Crippen LogP contribution < -0.4 is 10.1 Å². The van der Waals surface area contributed by atoms with Crippen LogP contribution in [-0.2, 0) is 11.3 Å². The van der Waals surface area contributed by atoms with Gasteiger partial charge in [-0.15, -0.1) is 10.2 Å². The van der Waals surface area contributed by atoms with Gasteiger partial charge in [-0.1, -0.05) is 51.4 Å². The van der Waals surface area contributed by atoms with Gasteiger partial charge < -0.3 is 10.1 Å². The van der Waals surface area contributed by atoms with Crippen molar-refractivity contribution in [2.45, 2.75) is 55.0 Å². The Morgan fingerprint density at radius 1 is 1.09 bits per heavy atom. The number of aromatic nitrogens is 3. The van der Waals surface area contributed by atoms with Crippen LogP contribution >= 0.6 is 11.6 Å². The maximum absolute atomic E-state index is 9.93. The average molecular weight is 486 g/mol. The minimum Gasteiger partial charge on any atom is -0.497 e. The molecule has 0 fully saturated rings. The molecule has 0 saturated carbocycles. The number of hydrogen-bond acceptors (Lipinski definition) is 5. The molecule has 0 radical (unpaired) electrons. The Balaban J connectivity index is 0.000000500. The van der Waals surface area contributed by atoms with Crippen molar-refractivity contribution in [2.24, 2.45) is 4.99 Å². The molecule has 0 atom stereocenters. The van der Waals surface area contributed by atoms with Crippen LogP contribution in [0.1, 0.15) is 64.3 Å². The second-order valence-corrected chi connectivity index (χ2v) is 7.08. The number of carbonyl (C=O) groups is 1. The number of amides is 1. The molecule has 7 nitrogen and oxygen atoms in total. The number of aryl methyl sites for hydroxylation is 1. The highest BCUT2D eigenvalue weighted by Crippen LogP contribution is 2.29. The second-order valence-electron chi connectivity index (χ2n) is 6.64. The highest BCUT2D eigenvalue weighted by Gasteiger charge is 2.22. The molecule has 1 N–H and O–H groups in total. The van der Waals surface area contributed by atoms with Crippen molar-refractivity contribution in [3.63, 3.8) is 0 Å². The van der Waals surface area contributed by atoms with Gasteiger partial charge in [0.1, 0.15) is 18.1 Å². The molecule has 0 unspecified atom stereocenters. The Morgan fingerprint density at radius 2 is 1.74 bits per heavy atom. The summed E-state index contributed by atoms with van der Waals surface area (Å²) in [6.07, 6.45) is 0. The number of carbonyl (C=O) groups excluding carboxylic acids is 1. The van der Waals surface area contributed by atoms with Crippen molar-refractivity contribution in [1.82, 2.24) is 20.1 Å². The molecular formula is C26H36ClN5O2. The molecule has 0 spiro atoms. The summed E-state index contributed by atoms with van der Waals surface area (Å²) < 4.78 is 7.45. The van der Waals surface area contributed by atoms with Gasteiger partial charge >= 0.3 is 0 Å². The molecule has 0 aliphatic carbocycles. The molecule has 34 heavy (non-hydrogen) atoms. The van der Waals surface area contributed by atoms with Crippen molar-refractivity contribution < 1.29 is 9.53 Å². The van der Waals surface area contributed by atoms with Crippen LogP contribution in [0.4, 0.5) is 0 Å². The first-order valence-electron chi connectivity index (χ1n) is 11.6. The van der Waals surface area contributed by atoms with Gasteiger partial charge in [0, 0.05) is 29.6 Å². The van der Waals surface area contributed by atoms with Crippen LogP contribution in [0.15, 0.2) is 47.5 Å². The fourth-order valence-corrected chi connectivity index (χ4v) is 3.31. The Hall–Kier alpha value is -3.19. The predicted molar refractivity (Wildman–Crippen MR) is 140 cm³/mol. The molecule has 1 aliphatic heterocycles. The van der Waals surface area contributed by atoms with Gasteiger partial charge in [-0.05, 0) is 44.2 Å². The van der Waals surface area contributed by atoms with Crippen LogP contribution in [0, 0.1) is 6.92 Å². The molecule has 1 aromatic heterocycles. The van der Waals surface area contributed by atoms with E-state index >= 15 is 0 Å². The van der Waals surface area contributed by atoms with Gasteiger partial charge in [0.2, 0.25) is 5.91 Å². The third kappa shape index (κ3) is 7.42. The summed E-state index contributed by atoms with van der Waals surface area (Å²) in [4.78, 5) is 14.7. The van der Waals surface area contributed by atoms with E-state index in [0.29, 0.717) is 11.6 Å². The summed E-state index contributed by atoms with van der Waals surface area (Å²) in [5, 5.41) is 11.7. The number of methoxy groups -OCH3 is 1. The minimum absolute atomic E-state index is 0.0394. The Labute approximate surface area is 208 Å². The number of fused-ring (bicyclic) bond motifs is 3. The third-order valence-electron chi connectivity index (χ3n) is 4.51. The average Bonchev–Trinajstić information content (AvgIpc) is 3.14. The highest BCUT2D eigenvalue weighted by atomic mass is 35.5. The highest BCUT2D eigenvalue weighted by molar-refractivity contribution is 6.30. The zero-order chi connectivity index (χ0) is 25.7. The zero-order valence-corrected chi connectivity index (χ0v) is 22.2. The van der Waals surface area contributed by atoms with Gasteiger partial charge in [0.15, 0.2) is 5.82 Å². The lowest BCUT2D eigenvalue weighted by atomic mass is 10.00. The number of nitrogens with one attached hydrogen (secondary N) is 1. The van der Waals surface area contributed by atoms with Gasteiger partial charge in [-0.3, -0.25) is 14.4 Å². The summed E-state index contributed by atoms with van der Waals surface area (Å²) in [5.74, 6) is 2.48. The summed E-state index contributed by atoms with van der Waals surface area (Å²) in [6, 6.07) is 13.6. The first-order valence-corrected chi connectivity index (χ1v) is 12.0. The van der Waals surface area contributed by atoms with Crippen molar-refractivity contribution in [2.75, 3.05) is 13.7 Å². The molecule has 0 bridgehead atoms. The van der Waals surface area contributed by atoms with E-state index in [-0.39, 0.29) is 5.91 Å². The van der Waals surface area contributed by atoms with E-state index < -0.39 is 0 Å². The van der Waals surface area contributed by atoms with E-state index in [1.54, 1.807) is 7.11 Å². The summed E-state index contributed by atoms with van der Waals surface area (Å²) in [5.41, 5.74) is 3.88. The lowest BCUT2D eigenvalue weighted by molar-refractivity contribution is -0.118. The van der Waals surface area contributed by atoms with Crippen LogP contribution in [-0.4, -0.2) is 40.0 Å². The molecule has 8 heteroatoms. The topological polar surface area (TPSA) is 81.4 Å². The van der Waals surface area contributed by atoms with E-state index in [0.717, 1.165) is 46.5 Å². The normalized spacial score (nSPS) is 10.8. The largest absolute Gasteiger partial charge is 0.497 e. The van der Waals surface area contributed by atoms with Gasteiger partial charge in [0.25, 0.3) is 0 Å². The third-order valence-corrected chi connectivity index (χ3v) is 4.77. The first kappa shape index (κ1) is 28.8. The first-order chi connectivity index (χ1) is 16.4. The molecule has 3 aromatic rings. The Kier molecular flexibility index (Phi) is 12.6. The van der Waals surface area contributed by atoms with E-state index in [9.17, 15) is 4.79 Å². The molecule has 1 aliphatic rings. The molecule has 0 saturated heterocycles. The fraction of sp³-hybridized carbons (Fsp3) is 0.385. The number of hydrogen-bond donors (Lipinski definition) is 1. The number of benzene rings is 2. The lowest BCUT2D eigenvalue weighted by Crippen LogP contribution is -2.18.